The molecule has 0 radical (unpaired) electrons. The highest BCUT2D eigenvalue weighted by atomic mass is 16.2. The van der Waals surface area contributed by atoms with Crippen molar-refractivity contribution in [3.8, 4) is 0 Å². The smallest absolute Gasteiger partial charge is 0.223 e. The van der Waals surface area contributed by atoms with Gasteiger partial charge >= 0.3 is 0 Å². The molecule has 2 N–H and O–H groups in total. The van der Waals surface area contributed by atoms with Crippen LogP contribution in [0, 0.1) is 11.3 Å². The summed E-state index contributed by atoms with van der Waals surface area (Å²) in [6.45, 7) is 0.716. The van der Waals surface area contributed by atoms with Gasteiger partial charge in [-0.25, -0.2) is 0 Å². The van der Waals surface area contributed by atoms with Crippen LogP contribution in [-0.4, -0.2) is 22.6 Å². The van der Waals surface area contributed by atoms with E-state index in [0.29, 0.717) is 17.9 Å². The number of carbonyl (C=O) groups excluding carboxylic acids is 1. The van der Waals surface area contributed by atoms with Gasteiger partial charge in [-0.05, 0) is 30.7 Å². The molecule has 1 aromatic rings. The Morgan fingerprint density at radius 2 is 2.53 bits per heavy atom. The predicted molar refractivity (Wildman–Crippen MR) is 55.1 cm³/mol. The molecule has 4 heteroatoms. The van der Waals surface area contributed by atoms with Crippen LogP contribution in [0.5, 0.6) is 0 Å². The Morgan fingerprint density at radius 3 is 3.13 bits per heavy atom. The Balaban J connectivity index is 1.41. The van der Waals surface area contributed by atoms with Gasteiger partial charge in [0.25, 0.3) is 0 Å². The Hall–Kier alpha value is -1.32. The van der Waals surface area contributed by atoms with Crippen molar-refractivity contribution in [1.82, 2.24) is 15.5 Å². The lowest BCUT2D eigenvalue weighted by molar-refractivity contribution is -0.122. The summed E-state index contributed by atoms with van der Waals surface area (Å²) >= 11 is 0. The van der Waals surface area contributed by atoms with Crippen molar-refractivity contribution in [3.05, 3.63) is 18.0 Å². The fourth-order valence-corrected chi connectivity index (χ4v) is 2.30. The lowest BCUT2D eigenvalue weighted by Gasteiger charge is -2.02. The Morgan fingerprint density at radius 1 is 1.67 bits per heavy atom. The number of hydrogen-bond donors (Lipinski definition) is 2. The molecule has 1 heterocycles. The third kappa shape index (κ3) is 1.64. The quantitative estimate of drug-likeness (QED) is 0.766. The molecule has 80 valence electrons. The van der Waals surface area contributed by atoms with Crippen LogP contribution in [-0.2, 0) is 11.2 Å². The highest BCUT2D eigenvalue weighted by Gasteiger charge is 2.65. The van der Waals surface area contributed by atoms with Gasteiger partial charge in [-0.1, -0.05) is 0 Å². The first-order chi connectivity index (χ1) is 7.30. The highest BCUT2D eigenvalue weighted by molar-refractivity contribution is 5.83. The molecule has 0 bridgehead atoms. The zero-order valence-corrected chi connectivity index (χ0v) is 8.62. The van der Waals surface area contributed by atoms with E-state index in [1.807, 2.05) is 6.07 Å². The summed E-state index contributed by atoms with van der Waals surface area (Å²) in [5.41, 5.74) is 1.55. The number of hydrogen-bond acceptors (Lipinski definition) is 2. The summed E-state index contributed by atoms with van der Waals surface area (Å²) in [5, 5.41) is 9.74. The second-order valence-electron chi connectivity index (χ2n) is 4.74. The van der Waals surface area contributed by atoms with Gasteiger partial charge in [0.1, 0.15) is 0 Å². The SMILES string of the molecule is O=C(NCCc1ccn[nH]1)C1CC12CC2. The second-order valence-corrected chi connectivity index (χ2v) is 4.74. The molecule has 3 rings (SSSR count). The maximum absolute atomic E-state index is 11.7. The molecule has 1 amide bonds. The third-order valence-electron chi connectivity index (χ3n) is 3.65. The number of nitrogens with zero attached hydrogens (tertiary/aromatic N) is 1. The number of amides is 1. The summed E-state index contributed by atoms with van der Waals surface area (Å²) in [4.78, 5) is 11.7. The summed E-state index contributed by atoms with van der Waals surface area (Å²) in [5.74, 6) is 0.589. The van der Waals surface area contributed by atoms with Gasteiger partial charge < -0.3 is 5.32 Å². The van der Waals surface area contributed by atoms with Crippen LogP contribution in [0.25, 0.3) is 0 Å². The number of carbonyl (C=O) groups is 1. The normalized spacial score (nSPS) is 25.2. The lowest BCUT2D eigenvalue weighted by atomic mass is 10.2. The van der Waals surface area contributed by atoms with Gasteiger partial charge in [0.15, 0.2) is 0 Å². The molecule has 0 aromatic carbocycles. The van der Waals surface area contributed by atoms with E-state index in [0.717, 1.165) is 18.5 Å². The van der Waals surface area contributed by atoms with E-state index in [1.54, 1.807) is 6.20 Å². The van der Waals surface area contributed by atoms with Crippen molar-refractivity contribution in [3.63, 3.8) is 0 Å². The number of aromatic amines is 1. The van der Waals surface area contributed by atoms with Crippen molar-refractivity contribution >= 4 is 5.91 Å². The van der Waals surface area contributed by atoms with Crippen molar-refractivity contribution in [1.29, 1.82) is 0 Å². The zero-order valence-electron chi connectivity index (χ0n) is 8.62. The lowest BCUT2D eigenvalue weighted by Crippen LogP contribution is -2.27. The minimum Gasteiger partial charge on any atom is -0.355 e. The molecule has 0 aliphatic heterocycles. The molecule has 2 saturated carbocycles. The summed E-state index contributed by atoms with van der Waals surface area (Å²) in [6, 6.07) is 1.94. The first-order valence-corrected chi connectivity index (χ1v) is 5.56. The van der Waals surface area contributed by atoms with E-state index < -0.39 is 0 Å². The largest absolute Gasteiger partial charge is 0.355 e. The van der Waals surface area contributed by atoms with Crippen LogP contribution in [0.2, 0.25) is 0 Å². The van der Waals surface area contributed by atoms with Gasteiger partial charge in [0.2, 0.25) is 5.91 Å². The van der Waals surface area contributed by atoms with E-state index >= 15 is 0 Å². The Kier molecular flexibility index (Phi) is 1.84. The average Bonchev–Trinajstić information content (AvgIpc) is 3.11. The van der Waals surface area contributed by atoms with Gasteiger partial charge in [0.05, 0.1) is 0 Å². The van der Waals surface area contributed by atoms with E-state index in [9.17, 15) is 4.79 Å². The fourth-order valence-electron chi connectivity index (χ4n) is 2.30. The van der Waals surface area contributed by atoms with Gasteiger partial charge in [-0.2, -0.15) is 5.10 Å². The first kappa shape index (κ1) is 8.95. The molecule has 0 saturated heterocycles. The molecule has 1 unspecified atom stereocenters. The van der Waals surface area contributed by atoms with Crippen molar-refractivity contribution in [2.45, 2.75) is 25.7 Å². The number of nitrogens with one attached hydrogen (secondary N) is 2. The van der Waals surface area contributed by atoms with E-state index in [-0.39, 0.29) is 5.91 Å². The van der Waals surface area contributed by atoms with Gasteiger partial charge in [0, 0.05) is 30.8 Å². The van der Waals surface area contributed by atoms with E-state index in [2.05, 4.69) is 15.5 Å². The van der Waals surface area contributed by atoms with Crippen LogP contribution < -0.4 is 5.32 Å². The van der Waals surface area contributed by atoms with Crippen molar-refractivity contribution < 1.29 is 4.79 Å². The van der Waals surface area contributed by atoms with Crippen LogP contribution >= 0.6 is 0 Å². The third-order valence-corrected chi connectivity index (χ3v) is 3.65. The maximum Gasteiger partial charge on any atom is 0.223 e. The van der Waals surface area contributed by atoms with Crippen LogP contribution in [0.4, 0.5) is 0 Å². The molecule has 15 heavy (non-hydrogen) atoms. The van der Waals surface area contributed by atoms with Crippen LogP contribution in [0.3, 0.4) is 0 Å². The maximum atomic E-state index is 11.7. The minimum absolute atomic E-state index is 0.256. The molecular formula is C11H15N3O. The average molecular weight is 205 g/mol. The molecule has 1 spiro atoms. The number of rotatable bonds is 4. The monoisotopic (exact) mass is 205 g/mol. The van der Waals surface area contributed by atoms with Crippen molar-refractivity contribution in [2.75, 3.05) is 6.54 Å². The molecule has 4 nitrogen and oxygen atoms in total. The van der Waals surface area contributed by atoms with Gasteiger partial charge in [-0.3, -0.25) is 9.89 Å². The first-order valence-electron chi connectivity index (χ1n) is 5.56. The molecule has 2 aliphatic rings. The minimum atomic E-state index is 0.256. The summed E-state index contributed by atoms with van der Waals surface area (Å²) in [7, 11) is 0. The van der Waals surface area contributed by atoms with Crippen molar-refractivity contribution in [2.24, 2.45) is 11.3 Å². The molecule has 1 aromatic heterocycles. The summed E-state index contributed by atoms with van der Waals surface area (Å²) < 4.78 is 0. The Labute approximate surface area is 88.4 Å². The molecule has 1 atom stereocenters. The van der Waals surface area contributed by atoms with Crippen LogP contribution in [0.15, 0.2) is 12.3 Å². The highest BCUT2D eigenvalue weighted by Crippen LogP contribution is 2.70. The summed E-state index contributed by atoms with van der Waals surface area (Å²) in [6.07, 6.45) is 6.24. The van der Waals surface area contributed by atoms with Gasteiger partial charge in [-0.15, -0.1) is 0 Å². The van der Waals surface area contributed by atoms with E-state index in [4.69, 9.17) is 0 Å². The molecule has 2 aliphatic carbocycles. The van der Waals surface area contributed by atoms with Crippen LogP contribution in [0.1, 0.15) is 25.0 Å². The predicted octanol–water partition coefficient (Wildman–Crippen LogP) is 0.868. The standard InChI is InChI=1S/C11H15N3O/c15-10(9-7-11(9)3-4-11)12-5-1-8-2-6-13-14-8/h2,6,9H,1,3-5,7H2,(H,12,15)(H,13,14). The number of aromatic nitrogens is 2. The Bertz CT molecular complexity index is 367. The second kappa shape index (κ2) is 3.08. The zero-order chi connectivity index (χ0) is 10.3. The molecule has 2 fully saturated rings. The molecular weight excluding hydrogens is 190 g/mol. The number of H-pyrrole nitrogens is 1. The fraction of sp³-hybridized carbons (Fsp3) is 0.636. The topological polar surface area (TPSA) is 57.8 Å². The van der Waals surface area contributed by atoms with E-state index in [1.165, 1.54) is 12.8 Å².